The highest BCUT2D eigenvalue weighted by Crippen LogP contribution is 2.24. The van der Waals surface area contributed by atoms with Gasteiger partial charge in [0.25, 0.3) is 0 Å². The summed E-state index contributed by atoms with van der Waals surface area (Å²) in [5, 5.41) is 3.49. The molecule has 2 rings (SSSR count). The lowest BCUT2D eigenvalue weighted by atomic mass is 10.1. The van der Waals surface area contributed by atoms with Gasteiger partial charge in [-0.1, -0.05) is 0 Å². The lowest BCUT2D eigenvalue weighted by Crippen LogP contribution is -2.50. The molecule has 0 aromatic rings. The molecule has 2 aliphatic rings. The Kier molecular flexibility index (Phi) is 5.60. The Morgan fingerprint density at radius 2 is 2.36 bits per heavy atom. The van der Waals surface area contributed by atoms with Crippen LogP contribution < -0.4 is 5.32 Å². The zero-order valence-electron chi connectivity index (χ0n) is 8.87. The fourth-order valence-electron chi connectivity index (χ4n) is 2.27. The van der Waals surface area contributed by atoms with E-state index in [-0.39, 0.29) is 12.4 Å². The number of hydrogen-bond acceptors (Lipinski definition) is 3. The van der Waals surface area contributed by atoms with Crippen LogP contribution in [-0.2, 0) is 0 Å². The number of nitrogens with zero attached hydrogens (tertiary/aromatic N) is 1. The summed E-state index contributed by atoms with van der Waals surface area (Å²) in [5.74, 6) is 3.78. The fraction of sp³-hybridized carbons (Fsp3) is 1.00. The van der Waals surface area contributed by atoms with Gasteiger partial charge in [0.05, 0.1) is 0 Å². The van der Waals surface area contributed by atoms with Crippen LogP contribution in [0.1, 0.15) is 13.3 Å². The molecule has 1 N–H and O–H groups in total. The molecular weight excluding hydrogens is 216 g/mol. The van der Waals surface area contributed by atoms with Crippen molar-refractivity contribution >= 4 is 24.2 Å². The Labute approximate surface area is 97.6 Å². The zero-order chi connectivity index (χ0) is 9.10. The fourth-order valence-corrected chi connectivity index (χ4v) is 3.54. The van der Waals surface area contributed by atoms with Gasteiger partial charge in [0.2, 0.25) is 0 Å². The Morgan fingerprint density at radius 3 is 3.00 bits per heavy atom. The predicted molar refractivity (Wildman–Crippen MR) is 66.6 cm³/mol. The van der Waals surface area contributed by atoms with Gasteiger partial charge in [-0.25, -0.2) is 0 Å². The third kappa shape index (κ3) is 3.61. The van der Waals surface area contributed by atoms with Gasteiger partial charge in [-0.2, -0.15) is 11.8 Å². The van der Waals surface area contributed by atoms with Crippen LogP contribution in [0.5, 0.6) is 0 Å². The molecule has 2 atom stereocenters. The van der Waals surface area contributed by atoms with Gasteiger partial charge >= 0.3 is 0 Å². The highest BCUT2D eigenvalue weighted by Gasteiger charge is 2.21. The van der Waals surface area contributed by atoms with E-state index in [1.807, 2.05) is 0 Å². The van der Waals surface area contributed by atoms with Crippen molar-refractivity contribution in [3.05, 3.63) is 0 Å². The van der Waals surface area contributed by atoms with Crippen LogP contribution in [0.3, 0.4) is 0 Å². The van der Waals surface area contributed by atoms with Gasteiger partial charge < -0.3 is 10.2 Å². The SMILES string of the molecule is C[C@@H]1CN(CC2CCSC2)CCN1.Cl. The van der Waals surface area contributed by atoms with E-state index in [0.717, 1.165) is 5.92 Å². The standard InChI is InChI=1S/C10H20N2S.ClH/c1-9-6-12(4-3-11-9)7-10-2-5-13-8-10;/h9-11H,2-8H2,1H3;1H/t9-,10?;/m1./s1. The molecule has 84 valence electrons. The molecular formula is C10H21ClN2S. The van der Waals surface area contributed by atoms with Crippen molar-refractivity contribution in [3.8, 4) is 0 Å². The van der Waals surface area contributed by atoms with Crippen LogP contribution in [0, 0.1) is 5.92 Å². The molecule has 1 unspecified atom stereocenters. The maximum atomic E-state index is 3.49. The molecule has 2 heterocycles. The third-order valence-electron chi connectivity index (χ3n) is 2.99. The summed E-state index contributed by atoms with van der Waals surface area (Å²) in [7, 11) is 0. The summed E-state index contributed by atoms with van der Waals surface area (Å²) in [5.41, 5.74) is 0. The molecule has 0 spiro atoms. The molecule has 2 saturated heterocycles. The summed E-state index contributed by atoms with van der Waals surface area (Å²) < 4.78 is 0. The summed E-state index contributed by atoms with van der Waals surface area (Å²) in [6.45, 7) is 7.32. The van der Waals surface area contributed by atoms with E-state index in [9.17, 15) is 0 Å². The molecule has 0 saturated carbocycles. The first-order valence-corrected chi connectivity index (χ1v) is 6.53. The number of thioether (sulfide) groups is 1. The number of halogens is 1. The molecule has 0 aromatic carbocycles. The smallest absolute Gasteiger partial charge is 0.0167 e. The molecule has 14 heavy (non-hydrogen) atoms. The monoisotopic (exact) mass is 236 g/mol. The lowest BCUT2D eigenvalue weighted by molar-refractivity contribution is 0.185. The minimum atomic E-state index is 0. The molecule has 4 heteroatoms. The minimum Gasteiger partial charge on any atom is -0.312 e. The lowest BCUT2D eigenvalue weighted by Gasteiger charge is -2.33. The zero-order valence-corrected chi connectivity index (χ0v) is 10.5. The Hall–Kier alpha value is 0.560. The van der Waals surface area contributed by atoms with Crippen LogP contribution in [0.2, 0.25) is 0 Å². The van der Waals surface area contributed by atoms with Crippen LogP contribution in [0.4, 0.5) is 0 Å². The maximum Gasteiger partial charge on any atom is 0.0167 e. The molecule has 2 fully saturated rings. The molecule has 0 bridgehead atoms. The van der Waals surface area contributed by atoms with Gasteiger partial charge in [0, 0.05) is 32.2 Å². The van der Waals surface area contributed by atoms with Crippen LogP contribution >= 0.6 is 24.2 Å². The Morgan fingerprint density at radius 1 is 1.50 bits per heavy atom. The van der Waals surface area contributed by atoms with Crippen molar-refractivity contribution in [1.82, 2.24) is 10.2 Å². The summed E-state index contributed by atoms with van der Waals surface area (Å²) in [4.78, 5) is 2.64. The number of piperazine rings is 1. The number of hydrogen-bond donors (Lipinski definition) is 1. The maximum absolute atomic E-state index is 3.49. The second-order valence-corrected chi connectivity index (χ2v) is 5.49. The second-order valence-electron chi connectivity index (χ2n) is 4.34. The summed E-state index contributed by atoms with van der Waals surface area (Å²) in [6.07, 6.45) is 1.45. The molecule has 0 radical (unpaired) electrons. The van der Waals surface area contributed by atoms with Gasteiger partial charge in [-0.15, -0.1) is 12.4 Å². The van der Waals surface area contributed by atoms with E-state index in [4.69, 9.17) is 0 Å². The van der Waals surface area contributed by atoms with Crippen LogP contribution in [0.15, 0.2) is 0 Å². The number of nitrogens with one attached hydrogen (secondary N) is 1. The number of rotatable bonds is 2. The molecule has 0 aliphatic carbocycles. The van der Waals surface area contributed by atoms with E-state index in [2.05, 4.69) is 28.9 Å². The van der Waals surface area contributed by atoms with Gasteiger partial charge in [0.15, 0.2) is 0 Å². The van der Waals surface area contributed by atoms with Crippen molar-refractivity contribution in [1.29, 1.82) is 0 Å². The summed E-state index contributed by atoms with van der Waals surface area (Å²) >= 11 is 2.13. The summed E-state index contributed by atoms with van der Waals surface area (Å²) in [6, 6.07) is 0.697. The quantitative estimate of drug-likeness (QED) is 0.782. The minimum absolute atomic E-state index is 0. The first-order valence-electron chi connectivity index (χ1n) is 5.38. The second kappa shape index (κ2) is 6.21. The first-order chi connectivity index (χ1) is 6.34. The highest BCUT2D eigenvalue weighted by atomic mass is 35.5. The molecule has 2 aliphatic heterocycles. The highest BCUT2D eigenvalue weighted by molar-refractivity contribution is 7.99. The predicted octanol–water partition coefficient (Wildman–Crippen LogP) is 1.45. The van der Waals surface area contributed by atoms with E-state index >= 15 is 0 Å². The van der Waals surface area contributed by atoms with Crippen molar-refractivity contribution in [2.24, 2.45) is 5.92 Å². The van der Waals surface area contributed by atoms with Crippen LogP contribution in [0.25, 0.3) is 0 Å². The molecule has 2 nitrogen and oxygen atoms in total. The molecule has 0 amide bonds. The third-order valence-corrected chi connectivity index (χ3v) is 4.22. The van der Waals surface area contributed by atoms with Gasteiger partial charge in [-0.3, -0.25) is 0 Å². The van der Waals surface area contributed by atoms with Crippen molar-refractivity contribution in [2.45, 2.75) is 19.4 Å². The van der Waals surface area contributed by atoms with E-state index in [1.54, 1.807) is 0 Å². The van der Waals surface area contributed by atoms with Crippen molar-refractivity contribution < 1.29 is 0 Å². The Balaban J connectivity index is 0.000000980. The average Bonchev–Trinajstić information content (AvgIpc) is 2.57. The Bertz CT molecular complexity index is 162. The topological polar surface area (TPSA) is 15.3 Å². The first kappa shape index (κ1) is 12.6. The van der Waals surface area contributed by atoms with Crippen molar-refractivity contribution in [2.75, 3.05) is 37.7 Å². The largest absolute Gasteiger partial charge is 0.312 e. The van der Waals surface area contributed by atoms with Gasteiger partial charge in [-0.05, 0) is 30.8 Å². The average molecular weight is 237 g/mol. The normalized spacial score (nSPS) is 34.1. The van der Waals surface area contributed by atoms with E-state index in [1.165, 1.54) is 44.1 Å². The molecule has 0 aromatic heterocycles. The van der Waals surface area contributed by atoms with E-state index in [0.29, 0.717) is 6.04 Å². The van der Waals surface area contributed by atoms with Gasteiger partial charge in [0.1, 0.15) is 0 Å². The van der Waals surface area contributed by atoms with Crippen LogP contribution in [-0.4, -0.2) is 48.6 Å². The van der Waals surface area contributed by atoms with E-state index < -0.39 is 0 Å². The van der Waals surface area contributed by atoms with Crippen molar-refractivity contribution in [3.63, 3.8) is 0 Å².